The third kappa shape index (κ3) is 1.25. The highest BCUT2D eigenvalue weighted by molar-refractivity contribution is 5.79. The summed E-state index contributed by atoms with van der Waals surface area (Å²) in [4.78, 5) is 0. The summed E-state index contributed by atoms with van der Waals surface area (Å²) < 4.78 is 5.90. The van der Waals surface area contributed by atoms with Crippen LogP contribution in [-0.4, -0.2) is 31.5 Å². The Morgan fingerprint density at radius 1 is 1.50 bits per heavy atom. The first-order valence-electron chi connectivity index (χ1n) is 4.36. The molecule has 3 nitrogen and oxygen atoms in total. The number of rotatable bonds is 3. The molecule has 0 aliphatic carbocycles. The van der Waals surface area contributed by atoms with Crippen molar-refractivity contribution in [3.63, 3.8) is 0 Å². The second-order valence-electron chi connectivity index (χ2n) is 3.09. The second kappa shape index (κ2) is 3.27. The van der Waals surface area contributed by atoms with E-state index < -0.39 is 0 Å². The van der Waals surface area contributed by atoms with Crippen LogP contribution >= 0.6 is 0 Å². The molecule has 1 aliphatic heterocycles. The van der Waals surface area contributed by atoms with Gasteiger partial charge in [-0.25, -0.2) is 0 Å². The highest BCUT2D eigenvalue weighted by Crippen LogP contribution is 2.25. The molecule has 1 rings (SSSR count). The van der Waals surface area contributed by atoms with Crippen LogP contribution in [0, 0.1) is 0 Å². The van der Waals surface area contributed by atoms with Crippen molar-refractivity contribution < 1.29 is 9.33 Å². The molecule has 12 heavy (non-hydrogen) atoms. The summed E-state index contributed by atoms with van der Waals surface area (Å²) in [6, 6.07) is 0. The van der Waals surface area contributed by atoms with Crippen molar-refractivity contribution in [2.45, 2.75) is 20.3 Å². The van der Waals surface area contributed by atoms with Gasteiger partial charge in [0.05, 0.1) is 18.9 Å². The molecular formula is C9H17N2O+. The Hall–Kier alpha value is -0.830. The number of allylic oxidation sites excluding steroid dienone is 1. The summed E-state index contributed by atoms with van der Waals surface area (Å²) in [7, 11) is 3.77. The van der Waals surface area contributed by atoms with Crippen molar-refractivity contribution in [1.82, 2.24) is 0 Å². The van der Waals surface area contributed by atoms with Crippen LogP contribution in [0.5, 0.6) is 0 Å². The van der Waals surface area contributed by atoms with Crippen LogP contribution in [0.25, 0.3) is 0 Å². The third-order valence-corrected chi connectivity index (χ3v) is 2.37. The Balaban J connectivity index is 2.98. The van der Waals surface area contributed by atoms with E-state index in [2.05, 4.69) is 26.0 Å². The van der Waals surface area contributed by atoms with E-state index >= 15 is 0 Å². The van der Waals surface area contributed by atoms with Gasteiger partial charge in [0.25, 0.3) is 0 Å². The molecule has 3 heteroatoms. The lowest BCUT2D eigenvalue weighted by atomic mass is 10.2. The summed E-state index contributed by atoms with van der Waals surface area (Å²) in [6.45, 7) is 5.16. The van der Waals surface area contributed by atoms with Crippen molar-refractivity contribution in [2.24, 2.45) is 5.10 Å². The Kier molecular flexibility index (Phi) is 2.52. The fraction of sp³-hybridized carbons (Fsp3) is 0.667. The van der Waals surface area contributed by atoms with E-state index in [1.165, 1.54) is 5.57 Å². The van der Waals surface area contributed by atoms with Gasteiger partial charge in [0.1, 0.15) is 13.6 Å². The molecule has 0 aromatic heterocycles. The van der Waals surface area contributed by atoms with Crippen LogP contribution in [0.1, 0.15) is 20.3 Å². The molecule has 0 N–H and O–H groups in total. The molecule has 0 spiro atoms. The molecule has 0 fully saturated rings. The monoisotopic (exact) mass is 169 g/mol. The number of quaternary nitrogens is 1. The Morgan fingerprint density at radius 2 is 2.17 bits per heavy atom. The van der Waals surface area contributed by atoms with Gasteiger partial charge in [-0.3, -0.25) is 0 Å². The van der Waals surface area contributed by atoms with Gasteiger partial charge in [-0.1, -0.05) is 12.0 Å². The zero-order chi connectivity index (χ0) is 9.19. The predicted molar refractivity (Wildman–Crippen MR) is 49.5 cm³/mol. The lowest BCUT2D eigenvalue weighted by Crippen LogP contribution is -2.35. The smallest absolute Gasteiger partial charge is 0.323 e. The minimum Gasteiger partial charge on any atom is -0.453 e. The van der Waals surface area contributed by atoms with Gasteiger partial charge >= 0.3 is 5.88 Å². The van der Waals surface area contributed by atoms with Gasteiger partial charge in [-0.15, -0.1) is 4.59 Å². The van der Waals surface area contributed by atoms with Crippen molar-refractivity contribution in [1.29, 1.82) is 0 Å². The molecular weight excluding hydrogens is 152 g/mol. The lowest BCUT2D eigenvalue weighted by molar-refractivity contribution is -0.889. The largest absolute Gasteiger partial charge is 0.453 e. The van der Waals surface area contributed by atoms with E-state index in [-0.39, 0.29) is 0 Å². The zero-order valence-corrected chi connectivity index (χ0v) is 8.29. The first kappa shape index (κ1) is 9.26. The van der Waals surface area contributed by atoms with E-state index in [4.69, 9.17) is 4.74 Å². The van der Waals surface area contributed by atoms with Crippen molar-refractivity contribution in [3.8, 4) is 0 Å². The molecule has 0 aromatic carbocycles. The quantitative estimate of drug-likeness (QED) is 0.589. The minimum absolute atomic E-state index is 0.555. The molecule has 1 atom stereocenters. The number of methoxy groups -OCH3 is 1. The van der Waals surface area contributed by atoms with Gasteiger partial charge in [0.2, 0.25) is 0 Å². The Bertz CT molecular complexity index is 233. The number of hydrogen-bond donors (Lipinski definition) is 0. The Labute approximate surface area is 73.9 Å². The summed E-state index contributed by atoms with van der Waals surface area (Å²) >= 11 is 0. The maximum Gasteiger partial charge on any atom is 0.323 e. The predicted octanol–water partition coefficient (Wildman–Crippen LogP) is 1.72. The molecule has 0 saturated carbocycles. The first-order chi connectivity index (χ1) is 5.68. The van der Waals surface area contributed by atoms with E-state index in [0.717, 1.165) is 18.8 Å². The fourth-order valence-electron chi connectivity index (χ4n) is 1.41. The van der Waals surface area contributed by atoms with E-state index in [1.807, 2.05) is 6.21 Å². The number of nitrogens with zero attached hydrogens (tertiary/aromatic N) is 2. The van der Waals surface area contributed by atoms with Gasteiger partial charge in [-0.2, -0.15) is 0 Å². The second-order valence-corrected chi connectivity index (χ2v) is 3.09. The summed E-state index contributed by atoms with van der Waals surface area (Å²) in [5.74, 6) is 0.986. The topological polar surface area (TPSA) is 21.6 Å². The number of ether oxygens (including phenoxy) is 1. The molecule has 1 aliphatic rings. The molecule has 0 radical (unpaired) electrons. The lowest BCUT2D eigenvalue weighted by Gasteiger charge is -2.23. The first-order valence-corrected chi connectivity index (χ1v) is 4.36. The highest BCUT2D eigenvalue weighted by Gasteiger charge is 2.34. The summed E-state index contributed by atoms with van der Waals surface area (Å²) in [6.07, 6.45) is 2.91. The van der Waals surface area contributed by atoms with Crippen molar-refractivity contribution in [3.05, 3.63) is 11.5 Å². The average molecular weight is 169 g/mol. The highest BCUT2D eigenvalue weighted by atomic mass is 16.5. The van der Waals surface area contributed by atoms with Crippen LogP contribution < -0.4 is 0 Å². The van der Waals surface area contributed by atoms with E-state index in [1.54, 1.807) is 7.11 Å². The van der Waals surface area contributed by atoms with Crippen LogP contribution in [0.4, 0.5) is 0 Å². The molecule has 1 unspecified atom stereocenters. The maximum absolute atomic E-state index is 5.35. The number of hydrogen-bond acceptors (Lipinski definition) is 2. The zero-order valence-electron chi connectivity index (χ0n) is 8.29. The fourth-order valence-corrected chi connectivity index (χ4v) is 1.41. The normalized spacial score (nSPS) is 28.3. The van der Waals surface area contributed by atoms with Crippen molar-refractivity contribution in [2.75, 3.05) is 20.7 Å². The summed E-state index contributed by atoms with van der Waals surface area (Å²) in [5.41, 5.74) is 1.21. The molecule has 0 bridgehead atoms. The van der Waals surface area contributed by atoms with E-state index in [0.29, 0.717) is 4.59 Å². The SMILES string of the molecule is CCC1=C(OC)[N+](C)(CC)N=C1. The molecule has 0 amide bonds. The van der Waals surface area contributed by atoms with Gasteiger partial charge in [-0.05, 0) is 13.3 Å². The van der Waals surface area contributed by atoms with Crippen molar-refractivity contribution >= 4 is 6.21 Å². The summed E-state index contributed by atoms with van der Waals surface area (Å²) in [5, 5.41) is 4.40. The molecule has 0 saturated heterocycles. The van der Waals surface area contributed by atoms with Crippen LogP contribution in [0.15, 0.2) is 16.6 Å². The third-order valence-electron chi connectivity index (χ3n) is 2.37. The molecule has 1 heterocycles. The molecule has 0 aromatic rings. The molecule has 68 valence electrons. The van der Waals surface area contributed by atoms with E-state index in [9.17, 15) is 0 Å². The van der Waals surface area contributed by atoms with Gasteiger partial charge < -0.3 is 4.74 Å². The van der Waals surface area contributed by atoms with Gasteiger partial charge in [0, 0.05) is 0 Å². The standard InChI is InChI=1S/C9H17N2O/c1-5-8-7-10-11(3,6-2)9(8)12-4/h7H,5-6H2,1-4H3/q+1. The van der Waals surface area contributed by atoms with Crippen LogP contribution in [-0.2, 0) is 4.74 Å². The van der Waals surface area contributed by atoms with Gasteiger partial charge in [0.15, 0.2) is 0 Å². The van der Waals surface area contributed by atoms with Crippen LogP contribution in [0.3, 0.4) is 0 Å². The average Bonchev–Trinajstić information content (AvgIpc) is 2.43. The Morgan fingerprint density at radius 3 is 2.58 bits per heavy atom. The maximum atomic E-state index is 5.35. The minimum atomic E-state index is 0.555. The van der Waals surface area contributed by atoms with Crippen LogP contribution in [0.2, 0.25) is 0 Å².